The van der Waals surface area contributed by atoms with Crippen LogP contribution in [0, 0.1) is 0 Å². The highest BCUT2D eigenvalue weighted by Crippen LogP contribution is 3.04. The van der Waals surface area contributed by atoms with Crippen molar-refractivity contribution in [3.63, 3.8) is 0 Å². The molecule has 0 saturated carbocycles. The summed E-state index contributed by atoms with van der Waals surface area (Å²) in [7, 11) is 2.52. The summed E-state index contributed by atoms with van der Waals surface area (Å²) in [4.78, 5) is 0. The van der Waals surface area contributed by atoms with Crippen LogP contribution < -0.4 is 0 Å². The van der Waals surface area contributed by atoms with E-state index in [1.165, 1.54) is 0 Å². The van der Waals surface area contributed by atoms with Gasteiger partial charge in [0.2, 0.25) is 0 Å². The molecule has 0 aromatic heterocycles. The van der Waals surface area contributed by atoms with Crippen molar-refractivity contribution in [2.75, 3.05) is 25.6 Å². The Labute approximate surface area is 111 Å². The van der Waals surface area contributed by atoms with Crippen molar-refractivity contribution in [3.8, 4) is 0 Å². The summed E-state index contributed by atoms with van der Waals surface area (Å²) in [5, 5.41) is 0. The van der Waals surface area contributed by atoms with Gasteiger partial charge in [0.15, 0.2) is 0 Å². The Hall–Kier alpha value is 1.50. The molecule has 0 unspecified atom stereocenters. The summed E-state index contributed by atoms with van der Waals surface area (Å²) in [5.41, 5.74) is 0. The standard InChI is InChI=1S/C8H20O3S4Si/c1-5-9-15(8-4,10-6-2,11-7-3)13-12-14-16-15/h5-8H2,1-4H3. The lowest BCUT2D eigenvalue weighted by Gasteiger charge is -2.72. The van der Waals surface area contributed by atoms with Gasteiger partial charge in [0, 0.05) is 15.6 Å². The Morgan fingerprint density at radius 1 is 0.938 bits per heavy atom. The molecule has 0 aliphatic carbocycles. The minimum absolute atomic E-state index is 0.525. The largest absolute Gasteiger partial charge is 0.309 e. The van der Waals surface area contributed by atoms with Crippen molar-refractivity contribution in [2.24, 2.45) is 0 Å². The predicted octanol–water partition coefficient (Wildman–Crippen LogP) is 4.23. The molecule has 0 aromatic carbocycles. The maximum atomic E-state index is 6.20. The molecular weight excluding hydrogens is 300 g/mol. The van der Waals surface area contributed by atoms with E-state index in [-0.39, 0.29) is 0 Å². The average Bonchev–Trinajstić information content (AvgIpc) is 2.64. The second-order valence-electron chi connectivity index (χ2n) is 3.17. The van der Waals surface area contributed by atoms with Crippen LogP contribution in [0.4, 0.5) is 0 Å². The fraction of sp³-hybridized carbons (Fsp3) is 1.00. The zero-order valence-electron chi connectivity index (χ0n) is 10.2. The molecule has 0 amide bonds. The lowest BCUT2D eigenvalue weighted by atomic mass is 10.9. The molecule has 3 nitrogen and oxygen atoms in total. The van der Waals surface area contributed by atoms with Gasteiger partial charge in [-0.1, -0.05) is 17.2 Å². The van der Waals surface area contributed by atoms with Crippen molar-refractivity contribution in [3.05, 3.63) is 0 Å². The molecule has 1 aliphatic rings. The van der Waals surface area contributed by atoms with Gasteiger partial charge in [0.1, 0.15) is 0 Å². The second kappa shape index (κ2) is 5.24. The molecular formula is C8H20O3S4Si. The van der Waals surface area contributed by atoms with Crippen LogP contribution in [0.3, 0.4) is 0 Å². The van der Waals surface area contributed by atoms with Crippen LogP contribution in [0.1, 0.15) is 27.7 Å². The molecule has 0 spiro atoms. The van der Waals surface area contributed by atoms with E-state index < -0.39 is 7.62 Å². The third-order valence-corrected chi connectivity index (χ3v) is 30.2. The van der Waals surface area contributed by atoms with E-state index in [0.29, 0.717) is 27.6 Å². The molecule has 0 N–H and O–H groups in total. The van der Waals surface area contributed by atoms with Gasteiger partial charge in [-0.15, -0.1) is 0 Å². The van der Waals surface area contributed by atoms with E-state index in [2.05, 4.69) is 6.92 Å². The highest BCUT2D eigenvalue weighted by molar-refractivity contribution is 9.52. The van der Waals surface area contributed by atoms with Crippen LogP contribution in [-0.2, 0) is 12.5 Å². The van der Waals surface area contributed by atoms with Crippen LogP contribution in [0.25, 0.3) is 0 Å². The third kappa shape index (κ3) is 2.32. The SMILES string of the molecule is CCOS1(CC)(OCC)(OCC)[Si]SSS1. The van der Waals surface area contributed by atoms with Crippen LogP contribution in [0.2, 0.25) is 0 Å². The average molecular weight is 321 g/mol. The first-order valence-corrected chi connectivity index (χ1v) is 14.2. The van der Waals surface area contributed by atoms with Gasteiger partial charge in [-0.25, -0.2) is 0 Å². The molecule has 1 rings (SSSR count). The molecule has 0 aromatic rings. The summed E-state index contributed by atoms with van der Waals surface area (Å²) < 4.78 is 18.6. The van der Waals surface area contributed by atoms with E-state index in [4.69, 9.17) is 12.5 Å². The molecule has 1 heterocycles. The van der Waals surface area contributed by atoms with Crippen LogP contribution in [0.15, 0.2) is 0 Å². The maximum Gasteiger partial charge on any atom is 0.278 e. The van der Waals surface area contributed by atoms with E-state index >= 15 is 0 Å². The van der Waals surface area contributed by atoms with Gasteiger partial charge in [-0.05, 0) is 38.2 Å². The fourth-order valence-corrected chi connectivity index (χ4v) is 38.5. The van der Waals surface area contributed by atoms with Crippen molar-refractivity contribution in [1.29, 1.82) is 0 Å². The first-order chi connectivity index (χ1) is 7.56. The molecule has 16 heavy (non-hydrogen) atoms. The lowest BCUT2D eigenvalue weighted by molar-refractivity contribution is 0.171. The number of hydrogen-bond acceptors (Lipinski definition) is 6. The van der Waals surface area contributed by atoms with Crippen LogP contribution >= 0.6 is 37.5 Å². The molecule has 1 saturated heterocycles. The first-order valence-electron chi connectivity index (χ1n) is 5.39. The topological polar surface area (TPSA) is 27.7 Å². The zero-order chi connectivity index (χ0) is 12.2. The highest BCUT2D eigenvalue weighted by Gasteiger charge is 2.67. The van der Waals surface area contributed by atoms with Crippen molar-refractivity contribution < 1.29 is 12.5 Å². The number of hydrogen-bond donors (Lipinski definition) is 0. The fourth-order valence-electron chi connectivity index (χ4n) is 1.64. The summed E-state index contributed by atoms with van der Waals surface area (Å²) in [5.74, 6) is 0.804. The van der Waals surface area contributed by atoms with Gasteiger partial charge >= 0.3 is 0 Å². The summed E-state index contributed by atoms with van der Waals surface area (Å²) >= 11 is 0. The smallest absolute Gasteiger partial charge is 0.278 e. The zero-order valence-corrected chi connectivity index (χ0v) is 14.5. The van der Waals surface area contributed by atoms with Gasteiger partial charge < -0.3 is 12.5 Å². The van der Waals surface area contributed by atoms with Gasteiger partial charge in [0.25, 0.3) is 7.82 Å². The van der Waals surface area contributed by atoms with Gasteiger partial charge in [0.05, 0.1) is 19.8 Å². The molecule has 1 aliphatic heterocycles. The maximum absolute atomic E-state index is 6.20. The van der Waals surface area contributed by atoms with Crippen LogP contribution in [0.5, 0.6) is 0 Å². The van der Waals surface area contributed by atoms with Crippen molar-refractivity contribution in [1.82, 2.24) is 0 Å². The summed E-state index contributed by atoms with van der Waals surface area (Å²) in [6.07, 6.45) is 0. The Bertz CT molecular complexity index is 231. The normalized spacial score (nSPS) is 30.0. The monoisotopic (exact) mass is 320 g/mol. The minimum Gasteiger partial charge on any atom is -0.309 e. The van der Waals surface area contributed by atoms with E-state index in [0.717, 1.165) is 5.75 Å². The van der Waals surface area contributed by atoms with Gasteiger partial charge in [-0.2, -0.15) is 0 Å². The highest BCUT2D eigenvalue weighted by atomic mass is 33.8. The van der Waals surface area contributed by atoms with Crippen molar-refractivity contribution >= 4 is 45.3 Å². The van der Waals surface area contributed by atoms with E-state index in [1.807, 2.05) is 31.0 Å². The van der Waals surface area contributed by atoms with Crippen molar-refractivity contribution in [2.45, 2.75) is 27.7 Å². The quantitative estimate of drug-likeness (QED) is 0.515. The van der Waals surface area contributed by atoms with Crippen LogP contribution in [-0.4, -0.2) is 33.4 Å². The number of rotatable bonds is 7. The predicted molar refractivity (Wildman–Crippen MR) is 81.5 cm³/mol. The first kappa shape index (κ1) is 15.6. The molecule has 8 heteroatoms. The Balaban J connectivity index is 3.21. The lowest BCUT2D eigenvalue weighted by Crippen LogP contribution is -2.44. The molecule has 1 fully saturated rings. The Morgan fingerprint density at radius 2 is 1.44 bits per heavy atom. The second-order valence-corrected chi connectivity index (χ2v) is 21.3. The minimum atomic E-state index is -3.26. The summed E-state index contributed by atoms with van der Waals surface area (Å²) in [6.45, 7) is 10.1. The van der Waals surface area contributed by atoms with E-state index in [1.54, 1.807) is 19.7 Å². The Morgan fingerprint density at radius 3 is 1.69 bits per heavy atom. The Kier molecular flexibility index (Phi) is 5.09. The third-order valence-electron chi connectivity index (χ3n) is 2.29. The summed E-state index contributed by atoms with van der Waals surface area (Å²) in [6, 6.07) is 0. The molecule has 0 bridgehead atoms. The van der Waals surface area contributed by atoms with E-state index in [9.17, 15) is 0 Å². The molecule has 0 atom stereocenters. The molecule has 2 radical (unpaired) electrons. The van der Waals surface area contributed by atoms with Gasteiger partial charge in [-0.3, -0.25) is 0 Å². The molecule has 98 valence electrons.